The van der Waals surface area contributed by atoms with Crippen LogP contribution < -0.4 is 10.6 Å². The Kier molecular flexibility index (Phi) is 6.18. The third-order valence-corrected chi connectivity index (χ3v) is 7.35. The van der Waals surface area contributed by atoms with E-state index in [4.69, 9.17) is 11.6 Å². The molecule has 2 amide bonds. The summed E-state index contributed by atoms with van der Waals surface area (Å²) in [4.78, 5) is 25.6. The predicted molar refractivity (Wildman–Crippen MR) is 107 cm³/mol. The minimum absolute atomic E-state index is 0.00618. The van der Waals surface area contributed by atoms with E-state index in [2.05, 4.69) is 10.6 Å². The summed E-state index contributed by atoms with van der Waals surface area (Å²) in [5.74, 6) is -0.390. The molecule has 0 spiro atoms. The zero-order chi connectivity index (χ0) is 19.4. The fourth-order valence-electron chi connectivity index (χ4n) is 2.81. The van der Waals surface area contributed by atoms with E-state index in [9.17, 15) is 18.0 Å². The summed E-state index contributed by atoms with van der Waals surface area (Å²) in [5.41, 5.74) is 0.981. The Balaban J connectivity index is 1.45. The van der Waals surface area contributed by atoms with Crippen molar-refractivity contribution in [3.63, 3.8) is 0 Å². The van der Waals surface area contributed by atoms with Gasteiger partial charge >= 0.3 is 0 Å². The van der Waals surface area contributed by atoms with E-state index in [1.54, 1.807) is 18.2 Å². The number of thiophene rings is 1. The lowest BCUT2D eigenvalue weighted by Crippen LogP contribution is -2.37. The predicted octanol–water partition coefficient (Wildman–Crippen LogP) is 2.49. The standard InChI is InChI=1S/C18H19ClN2O4S2/c19-13-3-1-12(2-4-13)15-5-6-16(26-15)18(23)20-9-7-17(22)21-14-8-10-27(24,25)11-14/h1-6,14H,7-11H2,(H,20,23)(H,21,22)/t14-/m0/s1. The van der Waals surface area contributed by atoms with Gasteiger partial charge in [0.05, 0.1) is 16.4 Å². The normalized spacial score (nSPS) is 18.2. The quantitative estimate of drug-likeness (QED) is 0.742. The van der Waals surface area contributed by atoms with E-state index in [0.29, 0.717) is 16.3 Å². The lowest BCUT2D eigenvalue weighted by atomic mass is 10.2. The molecule has 0 unspecified atom stereocenters. The summed E-state index contributed by atoms with van der Waals surface area (Å²) in [7, 11) is -3.02. The number of rotatable bonds is 6. The van der Waals surface area contributed by atoms with Gasteiger partial charge in [0, 0.05) is 28.9 Å². The maximum Gasteiger partial charge on any atom is 0.261 e. The van der Waals surface area contributed by atoms with E-state index in [1.165, 1.54) is 11.3 Å². The van der Waals surface area contributed by atoms with Crippen LogP contribution in [0.5, 0.6) is 0 Å². The number of carbonyl (C=O) groups is 2. The number of halogens is 1. The molecule has 0 aliphatic carbocycles. The van der Waals surface area contributed by atoms with E-state index in [0.717, 1.165) is 10.4 Å². The number of carbonyl (C=O) groups excluding carboxylic acids is 2. The van der Waals surface area contributed by atoms with Gasteiger partial charge in [-0.05, 0) is 36.2 Å². The molecule has 27 heavy (non-hydrogen) atoms. The van der Waals surface area contributed by atoms with Gasteiger partial charge in [0.15, 0.2) is 9.84 Å². The molecule has 144 valence electrons. The van der Waals surface area contributed by atoms with Gasteiger partial charge in [-0.15, -0.1) is 11.3 Å². The van der Waals surface area contributed by atoms with Crippen LogP contribution in [0.3, 0.4) is 0 Å². The van der Waals surface area contributed by atoms with Gasteiger partial charge < -0.3 is 10.6 Å². The molecule has 1 atom stereocenters. The van der Waals surface area contributed by atoms with E-state index in [1.807, 2.05) is 18.2 Å². The molecule has 0 bridgehead atoms. The van der Waals surface area contributed by atoms with Gasteiger partial charge in [0.1, 0.15) is 0 Å². The van der Waals surface area contributed by atoms with Crippen LogP contribution >= 0.6 is 22.9 Å². The molecule has 6 nitrogen and oxygen atoms in total. The monoisotopic (exact) mass is 426 g/mol. The molecule has 1 fully saturated rings. The van der Waals surface area contributed by atoms with Crippen LogP contribution in [0.1, 0.15) is 22.5 Å². The second kappa shape index (κ2) is 8.41. The summed E-state index contributed by atoms with van der Waals surface area (Å²) < 4.78 is 22.8. The van der Waals surface area contributed by atoms with Crippen LogP contribution in [0, 0.1) is 0 Å². The molecule has 1 aromatic heterocycles. The Morgan fingerprint density at radius 3 is 2.56 bits per heavy atom. The van der Waals surface area contributed by atoms with E-state index < -0.39 is 9.84 Å². The topological polar surface area (TPSA) is 92.3 Å². The smallest absolute Gasteiger partial charge is 0.261 e. The second-order valence-electron chi connectivity index (χ2n) is 6.34. The van der Waals surface area contributed by atoms with Crippen molar-refractivity contribution in [3.05, 3.63) is 46.3 Å². The Morgan fingerprint density at radius 2 is 1.89 bits per heavy atom. The molecule has 2 N–H and O–H groups in total. The van der Waals surface area contributed by atoms with Gasteiger partial charge in [-0.2, -0.15) is 0 Å². The molecule has 2 heterocycles. The first kappa shape index (κ1) is 19.9. The Labute approximate surface area is 166 Å². The molecule has 0 radical (unpaired) electrons. The van der Waals surface area contributed by atoms with Gasteiger partial charge in [0.25, 0.3) is 5.91 Å². The lowest BCUT2D eigenvalue weighted by Gasteiger charge is -2.10. The van der Waals surface area contributed by atoms with Crippen LogP contribution in [0.25, 0.3) is 10.4 Å². The fourth-order valence-corrected chi connectivity index (χ4v) is 5.54. The summed E-state index contributed by atoms with van der Waals surface area (Å²) >= 11 is 7.24. The molecular formula is C18H19ClN2O4S2. The summed E-state index contributed by atoms with van der Waals surface area (Å²) in [6.45, 7) is 0.193. The summed E-state index contributed by atoms with van der Waals surface area (Å²) in [5, 5.41) is 6.07. The first-order chi connectivity index (χ1) is 12.8. The highest BCUT2D eigenvalue weighted by atomic mass is 35.5. The highest BCUT2D eigenvalue weighted by Crippen LogP contribution is 2.29. The Hall–Kier alpha value is -1.90. The van der Waals surface area contributed by atoms with Gasteiger partial charge in [-0.3, -0.25) is 9.59 Å². The second-order valence-corrected chi connectivity index (χ2v) is 10.1. The maximum absolute atomic E-state index is 12.2. The number of sulfone groups is 1. The van der Waals surface area contributed by atoms with Crippen molar-refractivity contribution in [1.82, 2.24) is 10.6 Å². The molecule has 1 saturated heterocycles. The highest BCUT2D eigenvalue weighted by Gasteiger charge is 2.28. The van der Waals surface area contributed by atoms with Gasteiger partial charge in [-0.1, -0.05) is 23.7 Å². The molecule has 9 heteroatoms. The van der Waals surface area contributed by atoms with Crippen LogP contribution in [0.2, 0.25) is 5.02 Å². The van der Waals surface area contributed by atoms with Crippen LogP contribution in [-0.2, 0) is 14.6 Å². The number of hydrogen-bond donors (Lipinski definition) is 2. The number of amides is 2. The molecule has 0 saturated carbocycles. The molecule has 1 aliphatic heterocycles. The average molecular weight is 427 g/mol. The first-order valence-electron chi connectivity index (χ1n) is 8.46. The molecule has 1 aromatic carbocycles. The maximum atomic E-state index is 12.2. The molecule has 2 aromatic rings. The van der Waals surface area contributed by atoms with Crippen LogP contribution in [0.15, 0.2) is 36.4 Å². The molecule has 1 aliphatic rings. The van der Waals surface area contributed by atoms with Crippen molar-refractivity contribution < 1.29 is 18.0 Å². The van der Waals surface area contributed by atoms with Gasteiger partial charge in [-0.25, -0.2) is 8.42 Å². The van der Waals surface area contributed by atoms with Crippen molar-refractivity contribution in [3.8, 4) is 10.4 Å². The van der Waals surface area contributed by atoms with Crippen LogP contribution in [0.4, 0.5) is 0 Å². The lowest BCUT2D eigenvalue weighted by molar-refractivity contribution is -0.121. The zero-order valence-electron chi connectivity index (χ0n) is 14.4. The largest absolute Gasteiger partial charge is 0.352 e. The highest BCUT2D eigenvalue weighted by molar-refractivity contribution is 7.91. The van der Waals surface area contributed by atoms with Crippen molar-refractivity contribution >= 4 is 44.6 Å². The summed E-state index contributed by atoms with van der Waals surface area (Å²) in [6, 6.07) is 10.7. The van der Waals surface area contributed by atoms with Crippen molar-refractivity contribution in [2.75, 3.05) is 18.1 Å². The van der Waals surface area contributed by atoms with E-state index in [-0.39, 0.29) is 42.3 Å². The molecular weight excluding hydrogens is 408 g/mol. The summed E-state index contributed by atoms with van der Waals surface area (Å²) in [6.07, 6.45) is 0.556. The SMILES string of the molecule is O=C(CCNC(=O)c1ccc(-c2ccc(Cl)cc2)s1)N[C@H]1CCS(=O)(=O)C1. The first-order valence-corrected chi connectivity index (χ1v) is 11.5. The fraction of sp³-hybridized carbons (Fsp3) is 0.333. The van der Waals surface area contributed by atoms with Crippen molar-refractivity contribution in [1.29, 1.82) is 0 Å². The Morgan fingerprint density at radius 1 is 1.15 bits per heavy atom. The third kappa shape index (κ3) is 5.54. The van der Waals surface area contributed by atoms with Crippen LogP contribution in [-0.4, -0.2) is 44.3 Å². The number of nitrogens with one attached hydrogen (secondary N) is 2. The van der Waals surface area contributed by atoms with E-state index >= 15 is 0 Å². The average Bonchev–Trinajstić information content (AvgIpc) is 3.22. The van der Waals surface area contributed by atoms with Gasteiger partial charge in [0.2, 0.25) is 5.91 Å². The molecule has 3 rings (SSSR count). The minimum atomic E-state index is -3.02. The number of hydrogen-bond acceptors (Lipinski definition) is 5. The van der Waals surface area contributed by atoms with Crippen molar-refractivity contribution in [2.45, 2.75) is 18.9 Å². The Bertz CT molecular complexity index is 939. The zero-order valence-corrected chi connectivity index (χ0v) is 16.8. The number of benzene rings is 1. The van der Waals surface area contributed by atoms with Crippen molar-refractivity contribution in [2.24, 2.45) is 0 Å². The minimum Gasteiger partial charge on any atom is -0.352 e. The third-order valence-electron chi connectivity index (χ3n) is 4.19.